The summed E-state index contributed by atoms with van der Waals surface area (Å²) >= 11 is 0. The molecular weight excluding hydrogens is 216 g/mol. The van der Waals surface area contributed by atoms with Gasteiger partial charge in [-0.2, -0.15) is 0 Å². The third-order valence-corrected chi connectivity index (χ3v) is 1.86. The van der Waals surface area contributed by atoms with Crippen molar-refractivity contribution in [1.82, 2.24) is 0 Å². The van der Waals surface area contributed by atoms with E-state index in [-0.39, 0.29) is 23.6 Å². The zero-order valence-corrected chi connectivity index (χ0v) is 8.47. The summed E-state index contributed by atoms with van der Waals surface area (Å²) in [5, 5.41) is 19.4. The van der Waals surface area contributed by atoms with E-state index in [1.807, 2.05) is 0 Å². The number of carboxylic acid groups (broad SMARTS) is 1. The Morgan fingerprint density at radius 2 is 2.25 bits per heavy atom. The summed E-state index contributed by atoms with van der Waals surface area (Å²) in [6.07, 6.45) is 0. The Balaban J connectivity index is 3.36. The molecule has 7 heteroatoms. The third-order valence-electron chi connectivity index (χ3n) is 1.86. The lowest BCUT2D eigenvalue weighted by Gasteiger charge is -2.08. The molecule has 0 fully saturated rings. The van der Waals surface area contributed by atoms with Crippen molar-refractivity contribution in [3.63, 3.8) is 0 Å². The highest BCUT2D eigenvalue weighted by atomic mass is 16.6. The second-order valence-electron chi connectivity index (χ2n) is 2.90. The highest BCUT2D eigenvalue weighted by molar-refractivity contribution is 5.93. The van der Waals surface area contributed by atoms with Crippen LogP contribution >= 0.6 is 0 Å². The van der Waals surface area contributed by atoms with Crippen molar-refractivity contribution in [2.45, 2.75) is 6.92 Å². The lowest BCUT2D eigenvalue weighted by atomic mass is 10.1. The van der Waals surface area contributed by atoms with Gasteiger partial charge in [-0.05, 0) is 6.92 Å². The molecule has 0 atom stereocenters. The normalized spacial score (nSPS) is 9.81. The van der Waals surface area contributed by atoms with Crippen LogP contribution in [0.25, 0.3) is 0 Å². The van der Waals surface area contributed by atoms with Gasteiger partial charge in [-0.25, -0.2) is 4.79 Å². The van der Waals surface area contributed by atoms with Gasteiger partial charge in [0.05, 0.1) is 11.5 Å². The number of nitrogens with two attached hydrogens (primary N) is 1. The average molecular weight is 226 g/mol. The van der Waals surface area contributed by atoms with E-state index < -0.39 is 16.6 Å². The molecule has 0 spiro atoms. The fraction of sp³-hybridized carbons (Fsp3) is 0.222. The second kappa shape index (κ2) is 4.47. The minimum atomic E-state index is -1.30. The molecule has 0 aliphatic rings. The third kappa shape index (κ3) is 2.19. The van der Waals surface area contributed by atoms with Crippen LogP contribution in [0.3, 0.4) is 0 Å². The zero-order valence-electron chi connectivity index (χ0n) is 8.47. The summed E-state index contributed by atoms with van der Waals surface area (Å²) in [5.74, 6) is -1.27. The molecule has 16 heavy (non-hydrogen) atoms. The smallest absolute Gasteiger partial charge is 0.339 e. The Morgan fingerprint density at radius 3 is 2.69 bits per heavy atom. The molecule has 0 saturated heterocycles. The van der Waals surface area contributed by atoms with Gasteiger partial charge < -0.3 is 15.6 Å². The molecule has 0 bridgehead atoms. The van der Waals surface area contributed by atoms with Gasteiger partial charge in [-0.15, -0.1) is 0 Å². The van der Waals surface area contributed by atoms with E-state index in [9.17, 15) is 14.9 Å². The fourth-order valence-corrected chi connectivity index (χ4v) is 1.18. The topological polar surface area (TPSA) is 116 Å². The number of ether oxygens (including phenoxy) is 1. The Kier molecular flexibility index (Phi) is 3.29. The minimum Gasteiger partial charge on any atom is -0.493 e. The van der Waals surface area contributed by atoms with Crippen LogP contribution in [-0.4, -0.2) is 22.6 Å². The molecule has 0 amide bonds. The Labute approximate surface area is 90.6 Å². The average Bonchev–Trinajstić information content (AvgIpc) is 2.17. The molecule has 0 aromatic heterocycles. The van der Waals surface area contributed by atoms with Crippen molar-refractivity contribution >= 4 is 17.3 Å². The molecule has 0 unspecified atom stereocenters. The summed E-state index contributed by atoms with van der Waals surface area (Å²) in [6.45, 7) is 1.92. The minimum absolute atomic E-state index is 0.0260. The van der Waals surface area contributed by atoms with E-state index in [0.29, 0.717) is 0 Å². The molecule has 3 N–H and O–H groups in total. The number of aromatic carboxylic acids is 1. The molecule has 1 rings (SSSR count). The molecule has 0 heterocycles. The summed E-state index contributed by atoms with van der Waals surface area (Å²) in [7, 11) is 0. The first-order valence-corrected chi connectivity index (χ1v) is 4.41. The predicted octanol–water partition coefficient (Wildman–Crippen LogP) is 1.27. The predicted molar refractivity (Wildman–Crippen MR) is 55.6 cm³/mol. The van der Waals surface area contributed by atoms with Crippen molar-refractivity contribution < 1.29 is 19.6 Å². The van der Waals surface area contributed by atoms with Gasteiger partial charge in [0.2, 0.25) is 0 Å². The van der Waals surface area contributed by atoms with Crippen molar-refractivity contribution in [2.24, 2.45) is 0 Å². The number of hydrogen-bond donors (Lipinski definition) is 2. The van der Waals surface area contributed by atoms with Crippen molar-refractivity contribution in [3.8, 4) is 5.75 Å². The van der Waals surface area contributed by atoms with Gasteiger partial charge in [0.25, 0.3) is 5.69 Å². The molecule has 7 nitrogen and oxygen atoms in total. The Bertz CT molecular complexity index is 444. The van der Waals surface area contributed by atoms with E-state index in [4.69, 9.17) is 15.6 Å². The lowest BCUT2D eigenvalue weighted by Crippen LogP contribution is -2.06. The standard InChI is InChI=1S/C9H10N2O5/c1-2-16-8-4-6(10)7(11(14)15)3-5(8)9(12)13/h3-4H,2,10H2,1H3,(H,12,13). The van der Waals surface area contributed by atoms with Gasteiger partial charge in [0, 0.05) is 12.1 Å². The van der Waals surface area contributed by atoms with Gasteiger partial charge in [-0.3, -0.25) is 10.1 Å². The van der Waals surface area contributed by atoms with Crippen molar-refractivity contribution in [3.05, 3.63) is 27.8 Å². The van der Waals surface area contributed by atoms with Crippen LogP contribution in [0.15, 0.2) is 12.1 Å². The first-order valence-electron chi connectivity index (χ1n) is 4.41. The van der Waals surface area contributed by atoms with Gasteiger partial charge in [0.15, 0.2) is 0 Å². The number of carboxylic acids is 1. The van der Waals surface area contributed by atoms with Crippen LogP contribution in [0.5, 0.6) is 5.75 Å². The number of rotatable bonds is 4. The number of anilines is 1. The lowest BCUT2D eigenvalue weighted by molar-refractivity contribution is -0.383. The van der Waals surface area contributed by atoms with Crippen LogP contribution in [0.2, 0.25) is 0 Å². The van der Waals surface area contributed by atoms with Crippen molar-refractivity contribution in [1.29, 1.82) is 0 Å². The van der Waals surface area contributed by atoms with E-state index in [0.717, 1.165) is 12.1 Å². The van der Waals surface area contributed by atoms with Gasteiger partial charge >= 0.3 is 5.97 Å². The SMILES string of the molecule is CCOc1cc(N)c([N+](=O)[O-])cc1C(=O)O. The first kappa shape index (κ1) is 11.8. The molecule has 0 radical (unpaired) electrons. The van der Waals surface area contributed by atoms with Crippen LogP contribution in [0.1, 0.15) is 17.3 Å². The highest BCUT2D eigenvalue weighted by Crippen LogP contribution is 2.30. The molecule has 0 aliphatic carbocycles. The molecule has 0 saturated carbocycles. The van der Waals surface area contributed by atoms with Crippen LogP contribution < -0.4 is 10.5 Å². The molecule has 86 valence electrons. The molecule has 1 aromatic rings. The van der Waals surface area contributed by atoms with Crippen LogP contribution in [-0.2, 0) is 0 Å². The summed E-state index contributed by atoms with van der Waals surface area (Å²) < 4.78 is 5.03. The molecule has 0 aliphatic heterocycles. The molecule has 1 aromatic carbocycles. The van der Waals surface area contributed by atoms with Crippen LogP contribution in [0.4, 0.5) is 11.4 Å². The second-order valence-corrected chi connectivity index (χ2v) is 2.90. The number of carbonyl (C=O) groups is 1. The van der Waals surface area contributed by atoms with E-state index in [1.165, 1.54) is 0 Å². The number of nitrogen functional groups attached to an aromatic ring is 1. The Morgan fingerprint density at radius 1 is 1.62 bits per heavy atom. The number of benzene rings is 1. The Hall–Kier alpha value is -2.31. The first-order chi connectivity index (χ1) is 7.47. The summed E-state index contributed by atoms with van der Waals surface area (Å²) in [5.41, 5.74) is 4.56. The highest BCUT2D eigenvalue weighted by Gasteiger charge is 2.20. The summed E-state index contributed by atoms with van der Waals surface area (Å²) in [4.78, 5) is 20.7. The maximum absolute atomic E-state index is 10.8. The van der Waals surface area contributed by atoms with E-state index >= 15 is 0 Å². The number of nitrogens with zero attached hydrogens (tertiary/aromatic N) is 1. The van der Waals surface area contributed by atoms with E-state index in [1.54, 1.807) is 6.92 Å². The maximum atomic E-state index is 10.8. The van der Waals surface area contributed by atoms with Crippen LogP contribution in [0, 0.1) is 10.1 Å². The molecular formula is C9H10N2O5. The number of hydrogen-bond acceptors (Lipinski definition) is 5. The van der Waals surface area contributed by atoms with Crippen molar-refractivity contribution in [2.75, 3.05) is 12.3 Å². The monoisotopic (exact) mass is 226 g/mol. The number of nitro benzene ring substituents is 1. The number of nitro groups is 1. The quantitative estimate of drug-likeness (QED) is 0.453. The van der Waals surface area contributed by atoms with E-state index in [2.05, 4.69) is 0 Å². The largest absolute Gasteiger partial charge is 0.493 e. The van der Waals surface area contributed by atoms with Gasteiger partial charge in [-0.1, -0.05) is 0 Å². The fourth-order valence-electron chi connectivity index (χ4n) is 1.18. The van der Waals surface area contributed by atoms with Gasteiger partial charge in [0.1, 0.15) is 17.0 Å². The summed E-state index contributed by atoms with van der Waals surface area (Å²) in [6, 6.07) is 2.04. The zero-order chi connectivity index (χ0) is 12.3. The maximum Gasteiger partial charge on any atom is 0.339 e.